The van der Waals surface area contributed by atoms with Gasteiger partial charge >= 0.3 is 0 Å². The summed E-state index contributed by atoms with van der Waals surface area (Å²) in [6, 6.07) is 2.20. The third kappa shape index (κ3) is 1.52. The minimum Gasteiger partial charge on any atom is -0.506 e. The first-order valence-electron chi connectivity index (χ1n) is 3.39. The zero-order chi connectivity index (χ0) is 9.30. The van der Waals surface area contributed by atoms with Crippen LogP contribution in [0.2, 0.25) is 5.02 Å². The first-order chi connectivity index (χ1) is 5.54. The SMILES string of the molecule is CC(O)c1c(F)ccc(O)c1Cl. The number of benzene rings is 1. The van der Waals surface area contributed by atoms with Crippen molar-refractivity contribution < 1.29 is 14.6 Å². The highest BCUT2D eigenvalue weighted by atomic mass is 35.5. The van der Waals surface area contributed by atoms with Crippen molar-refractivity contribution in [2.45, 2.75) is 13.0 Å². The molecule has 0 saturated carbocycles. The molecule has 0 bridgehead atoms. The predicted molar refractivity (Wildman–Crippen MR) is 43.7 cm³/mol. The van der Waals surface area contributed by atoms with Crippen molar-refractivity contribution >= 4 is 11.6 Å². The van der Waals surface area contributed by atoms with E-state index in [1.165, 1.54) is 6.92 Å². The molecule has 1 aromatic rings. The van der Waals surface area contributed by atoms with Gasteiger partial charge in [-0.05, 0) is 19.1 Å². The number of aliphatic hydroxyl groups excluding tert-OH is 1. The Morgan fingerprint density at radius 1 is 1.50 bits per heavy atom. The molecule has 0 aromatic heterocycles. The second-order valence-corrected chi connectivity index (χ2v) is 2.85. The molecule has 0 amide bonds. The Morgan fingerprint density at radius 3 is 2.50 bits per heavy atom. The first kappa shape index (κ1) is 9.29. The molecule has 0 aliphatic rings. The molecule has 0 fully saturated rings. The van der Waals surface area contributed by atoms with Crippen LogP contribution in [0.25, 0.3) is 0 Å². The number of hydrogen-bond acceptors (Lipinski definition) is 2. The summed E-state index contributed by atoms with van der Waals surface area (Å²) < 4.78 is 12.9. The lowest BCUT2D eigenvalue weighted by Crippen LogP contribution is -1.96. The van der Waals surface area contributed by atoms with E-state index in [0.717, 1.165) is 12.1 Å². The molecular weight excluding hydrogens is 183 g/mol. The number of rotatable bonds is 1. The van der Waals surface area contributed by atoms with Gasteiger partial charge in [0.05, 0.1) is 11.1 Å². The molecule has 4 heteroatoms. The van der Waals surface area contributed by atoms with Crippen molar-refractivity contribution in [3.63, 3.8) is 0 Å². The van der Waals surface area contributed by atoms with Crippen LogP contribution >= 0.6 is 11.6 Å². The van der Waals surface area contributed by atoms with Gasteiger partial charge in [0.25, 0.3) is 0 Å². The molecule has 1 unspecified atom stereocenters. The predicted octanol–water partition coefficient (Wildman–Crippen LogP) is 2.24. The molecule has 0 aliphatic carbocycles. The zero-order valence-corrected chi connectivity index (χ0v) is 7.14. The maximum Gasteiger partial charge on any atom is 0.134 e. The molecule has 1 aromatic carbocycles. The molecule has 1 rings (SSSR count). The average molecular weight is 191 g/mol. The number of aromatic hydroxyl groups is 1. The average Bonchev–Trinajstić information content (AvgIpc) is 1.97. The van der Waals surface area contributed by atoms with Crippen LogP contribution in [0.1, 0.15) is 18.6 Å². The Hall–Kier alpha value is -0.800. The van der Waals surface area contributed by atoms with Crippen molar-refractivity contribution in [3.05, 3.63) is 28.5 Å². The number of phenols is 1. The van der Waals surface area contributed by atoms with E-state index >= 15 is 0 Å². The summed E-state index contributed by atoms with van der Waals surface area (Å²) >= 11 is 5.54. The summed E-state index contributed by atoms with van der Waals surface area (Å²) in [6.07, 6.45) is -1.02. The van der Waals surface area contributed by atoms with Crippen LogP contribution in [0.15, 0.2) is 12.1 Å². The largest absolute Gasteiger partial charge is 0.506 e. The van der Waals surface area contributed by atoms with Gasteiger partial charge in [-0.25, -0.2) is 4.39 Å². The Labute approximate surface area is 74.2 Å². The molecule has 12 heavy (non-hydrogen) atoms. The normalized spacial score (nSPS) is 13.0. The van der Waals surface area contributed by atoms with Crippen molar-refractivity contribution in [2.24, 2.45) is 0 Å². The van der Waals surface area contributed by atoms with Crippen molar-refractivity contribution in [1.82, 2.24) is 0 Å². The van der Waals surface area contributed by atoms with E-state index < -0.39 is 11.9 Å². The summed E-state index contributed by atoms with van der Waals surface area (Å²) in [5.41, 5.74) is -0.0725. The van der Waals surface area contributed by atoms with Crippen LogP contribution in [-0.4, -0.2) is 10.2 Å². The zero-order valence-electron chi connectivity index (χ0n) is 6.38. The van der Waals surface area contributed by atoms with Crippen LogP contribution in [0.5, 0.6) is 5.75 Å². The standard InChI is InChI=1S/C8H8ClFO2/c1-4(11)7-5(10)2-3-6(12)8(7)9/h2-4,11-12H,1H3. The molecule has 2 nitrogen and oxygen atoms in total. The highest BCUT2D eigenvalue weighted by Crippen LogP contribution is 2.32. The van der Waals surface area contributed by atoms with Gasteiger partial charge in [0, 0.05) is 5.56 Å². The number of hydrogen-bond donors (Lipinski definition) is 2. The van der Waals surface area contributed by atoms with E-state index in [-0.39, 0.29) is 16.3 Å². The molecule has 0 radical (unpaired) electrons. The molecular formula is C8H8ClFO2. The molecule has 66 valence electrons. The lowest BCUT2D eigenvalue weighted by atomic mass is 10.1. The van der Waals surface area contributed by atoms with E-state index in [1.807, 2.05) is 0 Å². The van der Waals surface area contributed by atoms with Gasteiger partial charge in [0.15, 0.2) is 0 Å². The molecule has 0 aliphatic heterocycles. The summed E-state index contributed by atoms with van der Waals surface area (Å²) in [5.74, 6) is -0.846. The molecule has 0 saturated heterocycles. The molecule has 2 N–H and O–H groups in total. The minimum atomic E-state index is -1.02. The number of halogens is 2. The first-order valence-corrected chi connectivity index (χ1v) is 3.76. The van der Waals surface area contributed by atoms with Crippen LogP contribution in [-0.2, 0) is 0 Å². The Bertz CT molecular complexity index is 299. The monoisotopic (exact) mass is 190 g/mol. The fraction of sp³-hybridized carbons (Fsp3) is 0.250. The van der Waals surface area contributed by atoms with Crippen LogP contribution in [0.3, 0.4) is 0 Å². The number of phenolic OH excluding ortho intramolecular Hbond substituents is 1. The Morgan fingerprint density at radius 2 is 2.08 bits per heavy atom. The summed E-state index contributed by atoms with van der Waals surface area (Å²) in [5, 5.41) is 18.0. The fourth-order valence-electron chi connectivity index (χ4n) is 0.941. The van der Waals surface area contributed by atoms with Gasteiger partial charge in [-0.1, -0.05) is 11.6 Å². The fourth-order valence-corrected chi connectivity index (χ4v) is 1.25. The maximum absolute atomic E-state index is 12.9. The topological polar surface area (TPSA) is 40.5 Å². The van der Waals surface area contributed by atoms with Crippen molar-refractivity contribution in [2.75, 3.05) is 0 Å². The smallest absolute Gasteiger partial charge is 0.134 e. The van der Waals surface area contributed by atoms with Gasteiger partial charge in [-0.3, -0.25) is 0 Å². The molecule has 0 heterocycles. The third-order valence-electron chi connectivity index (χ3n) is 1.52. The van der Waals surface area contributed by atoms with Crippen LogP contribution in [0.4, 0.5) is 4.39 Å². The lowest BCUT2D eigenvalue weighted by Gasteiger charge is -2.09. The van der Waals surface area contributed by atoms with E-state index in [2.05, 4.69) is 0 Å². The quantitative estimate of drug-likeness (QED) is 0.713. The van der Waals surface area contributed by atoms with E-state index in [1.54, 1.807) is 0 Å². The van der Waals surface area contributed by atoms with Gasteiger partial charge in [0.2, 0.25) is 0 Å². The third-order valence-corrected chi connectivity index (χ3v) is 1.92. The highest BCUT2D eigenvalue weighted by Gasteiger charge is 2.15. The van der Waals surface area contributed by atoms with Gasteiger partial charge in [-0.15, -0.1) is 0 Å². The summed E-state index contributed by atoms with van der Waals surface area (Å²) in [6.45, 7) is 1.38. The second kappa shape index (κ2) is 3.29. The molecule has 1 atom stereocenters. The molecule has 0 spiro atoms. The van der Waals surface area contributed by atoms with E-state index in [0.29, 0.717) is 0 Å². The maximum atomic E-state index is 12.9. The van der Waals surface area contributed by atoms with Gasteiger partial charge < -0.3 is 10.2 Å². The van der Waals surface area contributed by atoms with Gasteiger partial charge in [0.1, 0.15) is 11.6 Å². The Kier molecular flexibility index (Phi) is 2.55. The van der Waals surface area contributed by atoms with E-state index in [9.17, 15) is 4.39 Å². The highest BCUT2D eigenvalue weighted by molar-refractivity contribution is 6.32. The summed E-state index contributed by atoms with van der Waals surface area (Å²) in [7, 11) is 0. The van der Waals surface area contributed by atoms with E-state index in [4.69, 9.17) is 21.8 Å². The second-order valence-electron chi connectivity index (χ2n) is 2.47. The summed E-state index contributed by atoms with van der Waals surface area (Å²) in [4.78, 5) is 0. The van der Waals surface area contributed by atoms with Crippen LogP contribution < -0.4 is 0 Å². The number of aliphatic hydroxyl groups is 1. The minimum absolute atomic E-state index is 0.0725. The van der Waals surface area contributed by atoms with Crippen molar-refractivity contribution in [3.8, 4) is 5.75 Å². The lowest BCUT2D eigenvalue weighted by molar-refractivity contribution is 0.194. The Balaban J connectivity index is 3.33. The van der Waals surface area contributed by atoms with Crippen LogP contribution in [0, 0.1) is 5.82 Å². The van der Waals surface area contributed by atoms with Crippen molar-refractivity contribution in [1.29, 1.82) is 0 Å². The van der Waals surface area contributed by atoms with Gasteiger partial charge in [-0.2, -0.15) is 0 Å².